The van der Waals surface area contributed by atoms with E-state index in [0.717, 1.165) is 17.4 Å². The molecule has 4 atom stereocenters. The Morgan fingerprint density at radius 1 is 1.46 bits per heavy atom. The van der Waals surface area contributed by atoms with Crippen molar-refractivity contribution in [2.24, 2.45) is 17.8 Å². The Balaban J connectivity index is 2.04. The molecule has 0 amide bonds. The Hall–Kier alpha value is -0.560. The van der Waals surface area contributed by atoms with Gasteiger partial charge in [0.2, 0.25) is 0 Å². The van der Waals surface area contributed by atoms with Crippen LogP contribution in [-0.4, -0.2) is 11.2 Å². The van der Waals surface area contributed by atoms with Crippen LogP contribution in [0.3, 0.4) is 0 Å². The molecule has 1 nitrogen and oxygen atoms in total. The zero-order valence-electron chi connectivity index (χ0n) is 8.40. The SMILES string of the molecule is C/C(=C\[C@H]1C[C@H]2C=C[C@H]1C2)[C@@H](C)O. The smallest absolute Gasteiger partial charge is 0.0719 e. The van der Waals surface area contributed by atoms with Crippen molar-refractivity contribution in [3.63, 3.8) is 0 Å². The van der Waals surface area contributed by atoms with Crippen LogP contribution in [0, 0.1) is 17.8 Å². The van der Waals surface area contributed by atoms with Gasteiger partial charge >= 0.3 is 0 Å². The van der Waals surface area contributed by atoms with E-state index in [2.05, 4.69) is 18.2 Å². The molecule has 1 fully saturated rings. The molecule has 2 bridgehead atoms. The minimum Gasteiger partial charge on any atom is -0.389 e. The molecule has 0 spiro atoms. The highest BCUT2D eigenvalue weighted by Gasteiger charge is 2.34. The molecule has 0 saturated heterocycles. The number of allylic oxidation sites excluding steroid dienone is 3. The van der Waals surface area contributed by atoms with Crippen LogP contribution in [0.1, 0.15) is 26.7 Å². The average molecular weight is 178 g/mol. The molecule has 1 heteroatoms. The van der Waals surface area contributed by atoms with E-state index in [9.17, 15) is 5.11 Å². The van der Waals surface area contributed by atoms with Gasteiger partial charge in [0, 0.05) is 0 Å². The minimum atomic E-state index is -0.275. The van der Waals surface area contributed by atoms with Gasteiger partial charge in [-0.15, -0.1) is 0 Å². The normalized spacial score (nSPS) is 39.9. The maximum Gasteiger partial charge on any atom is 0.0719 e. The fourth-order valence-corrected chi connectivity index (χ4v) is 2.49. The summed E-state index contributed by atoms with van der Waals surface area (Å²) in [7, 11) is 0. The second kappa shape index (κ2) is 3.30. The van der Waals surface area contributed by atoms with Gasteiger partial charge < -0.3 is 5.11 Å². The van der Waals surface area contributed by atoms with E-state index in [1.54, 1.807) is 0 Å². The van der Waals surface area contributed by atoms with Crippen molar-refractivity contribution in [2.45, 2.75) is 32.8 Å². The molecule has 0 heterocycles. The number of hydrogen-bond acceptors (Lipinski definition) is 1. The largest absolute Gasteiger partial charge is 0.389 e. The molecule has 0 unspecified atom stereocenters. The molecule has 72 valence electrons. The lowest BCUT2D eigenvalue weighted by Gasteiger charge is -2.15. The Labute approximate surface area is 80.2 Å². The van der Waals surface area contributed by atoms with Gasteiger partial charge in [0.15, 0.2) is 0 Å². The molecule has 13 heavy (non-hydrogen) atoms. The summed E-state index contributed by atoms with van der Waals surface area (Å²) in [4.78, 5) is 0. The van der Waals surface area contributed by atoms with Gasteiger partial charge in [-0.1, -0.05) is 18.2 Å². The van der Waals surface area contributed by atoms with Crippen LogP contribution in [0.4, 0.5) is 0 Å². The quantitative estimate of drug-likeness (QED) is 0.644. The van der Waals surface area contributed by atoms with Gasteiger partial charge in [0.1, 0.15) is 0 Å². The van der Waals surface area contributed by atoms with Gasteiger partial charge in [-0.05, 0) is 50.0 Å². The highest BCUT2D eigenvalue weighted by Crippen LogP contribution is 2.44. The standard InChI is InChI=1S/C12H18O/c1-8(9(2)13)5-12-7-10-3-4-11(12)6-10/h3-5,9-13H,6-7H2,1-2H3/b8-5+/t9-,10+,11+,12+/m1/s1. The Morgan fingerprint density at radius 2 is 2.23 bits per heavy atom. The predicted octanol–water partition coefficient (Wildman–Crippen LogP) is 2.53. The van der Waals surface area contributed by atoms with Crippen molar-refractivity contribution < 1.29 is 5.11 Å². The maximum atomic E-state index is 9.37. The molecule has 0 aromatic heterocycles. The third-order valence-corrected chi connectivity index (χ3v) is 3.47. The molecular formula is C12H18O. The summed E-state index contributed by atoms with van der Waals surface area (Å²) in [5.41, 5.74) is 1.13. The topological polar surface area (TPSA) is 20.2 Å². The lowest BCUT2D eigenvalue weighted by atomic mass is 9.91. The zero-order valence-corrected chi connectivity index (χ0v) is 8.40. The van der Waals surface area contributed by atoms with E-state index in [4.69, 9.17) is 0 Å². The van der Waals surface area contributed by atoms with Gasteiger partial charge in [0.25, 0.3) is 0 Å². The first-order valence-corrected chi connectivity index (χ1v) is 5.21. The summed E-state index contributed by atoms with van der Waals surface area (Å²) in [5.74, 6) is 2.29. The van der Waals surface area contributed by atoms with E-state index in [0.29, 0.717) is 5.92 Å². The highest BCUT2D eigenvalue weighted by atomic mass is 16.3. The van der Waals surface area contributed by atoms with Crippen molar-refractivity contribution in [1.82, 2.24) is 0 Å². The summed E-state index contributed by atoms with van der Waals surface area (Å²) < 4.78 is 0. The molecule has 1 saturated carbocycles. The average Bonchev–Trinajstić information content (AvgIpc) is 2.64. The van der Waals surface area contributed by atoms with Crippen LogP contribution in [0.2, 0.25) is 0 Å². The Bertz CT molecular complexity index is 250. The maximum absolute atomic E-state index is 9.37. The van der Waals surface area contributed by atoms with Crippen LogP contribution in [0.25, 0.3) is 0 Å². The van der Waals surface area contributed by atoms with Crippen LogP contribution >= 0.6 is 0 Å². The van der Waals surface area contributed by atoms with Crippen LogP contribution in [0.15, 0.2) is 23.8 Å². The lowest BCUT2D eigenvalue weighted by Crippen LogP contribution is -2.08. The first kappa shape index (κ1) is 9.01. The number of fused-ring (bicyclic) bond motifs is 2. The van der Waals surface area contributed by atoms with E-state index in [-0.39, 0.29) is 6.10 Å². The second-order valence-electron chi connectivity index (χ2n) is 4.53. The Morgan fingerprint density at radius 3 is 2.69 bits per heavy atom. The van der Waals surface area contributed by atoms with Crippen LogP contribution in [0.5, 0.6) is 0 Å². The summed E-state index contributed by atoms with van der Waals surface area (Å²) in [6.45, 7) is 3.87. The summed E-state index contributed by atoms with van der Waals surface area (Å²) in [5, 5.41) is 9.37. The van der Waals surface area contributed by atoms with Crippen molar-refractivity contribution in [3.05, 3.63) is 23.8 Å². The lowest BCUT2D eigenvalue weighted by molar-refractivity contribution is 0.230. The zero-order chi connectivity index (χ0) is 9.42. The Kier molecular flexibility index (Phi) is 2.29. The third kappa shape index (κ3) is 1.71. The second-order valence-corrected chi connectivity index (χ2v) is 4.53. The van der Waals surface area contributed by atoms with Gasteiger partial charge in [0.05, 0.1) is 6.10 Å². The molecule has 1 N–H and O–H groups in total. The van der Waals surface area contributed by atoms with Gasteiger partial charge in [-0.2, -0.15) is 0 Å². The molecule has 2 aliphatic carbocycles. The molecule has 2 aliphatic rings. The van der Waals surface area contributed by atoms with Crippen molar-refractivity contribution in [3.8, 4) is 0 Å². The minimum absolute atomic E-state index is 0.275. The summed E-state index contributed by atoms with van der Waals surface area (Å²) >= 11 is 0. The van der Waals surface area contributed by atoms with Crippen LogP contribution < -0.4 is 0 Å². The van der Waals surface area contributed by atoms with Gasteiger partial charge in [-0.3, -0.25) is 0 Å². The number of aliphatic hydroxyl groups is 1. The van der Waals surface area contributed by atoms with Crippen molar-refractivity contribution >= 4 is 0 Å². The van der Waals surface area contributed by atoms with E-state index < -0.39 is 0 Å². The van der Waals surface area contributed by atoms with E-state index in [1.807, 2.05) is 13.8 Å². The van der Waals surface area contributed by atoms with Crippen LogP contribution in [-0.2, 0) is 0 Å². The predicted molar refractivity (Wildman–Crippen MR) is 54.3 cm³/mol. The molecule has 0 aromatic carbocycles. The first-order chi connectivity index (χ1) is 6.16. The molecule has 0 radical (unpaired) electrons. The van der Waals surface area contributed by atoms with Crippen molar-refractivity contribution in [1.29, 1.82) is 0 Å². The van der Waals surface area contributed by atoms with Gasteiger partial charge in [-0.25, -0.2) is 0 Å². The molecule has 2 rings (SSSR count). The van der Waals surface area contributed by atoms with Crippen molar-refractivity contribution in [2.75, 3.05) is 0 Å². The fraction of sp³-hybridized carbons (Fsp3) is 0.667. The van der Waals surface area contributed by atoms with E-state index >= 15 is 0 Å². The number of hydrogen-bond donors (Lipinski definition) is 1. The molecule has 0 aliphatic heterocycles. The number of rotatable bonds is 2. The third-order valence-electron chi connectivity index (χ3n) is 3.47. The summed E-state index contributed by atoms with van der Waals surface area (Å²) in [6, 6.07) is 0. The monoisotopic (exact) mass is 178 g/mol. The van der Waals surface area contributed by atoms with E-state index in [1.165, 1.54) is 12.8 Å². The summed E-state index contributed by atoms with van der Waals surface area (Å²) in [6.07, 6.45) is 9.35. The first-order valence-electron chi connectivity index (χ1n) is 5.21. The fourth-order valence-electron chi connectivity index (χ4n) is 2.49. The molecular weight excluding hydrogens is 160 g/mol. The number of aliphatic hydroxyl groups excluding tert-OH is 1. The highest BCUT2D eigenvalue weighted by molar-refractivity contribution is 5.17. The molecule has 0 aromatic rings.